The van der Waals surface area contributed by atoms with Crippen molar-refractivity contribution in [1.82, 2.24) is 15.1 Å². The first kappa shape index (κ1) is 20.2. The lowest BCUT2D eigenvalue weighted by Crippen LogP contribution is -2.55. The molecular weight excluding hydrogens is 358 g/mol. The summed E-state index contributed by atoms with van der Waals surface area (Å²) in [5, 5.41) is 5.14. The predicted octanol–water partition coefficient (Wildman–Crippen LogP) is 2.62. The minimum absolute atomic E-state index is 0. The molecule has 140 valence electrons. The molecule has 0 spiro atoms. The molecule has 2 amide bonds. The topological polar surface area (TPSA) is 52.7 Å². The monoisotopic (exact) mass is 385 g/mol. The van der Waals surface area contributed by atoms with Gasteiger partial charge in [-0.15, -0.1) is 23.7 Å². The minimum atomic E-state index is -0.276. The maximum Gasteiger partial charge on any atom is 0.264 e. The van der Waals surface area contributed by atoms with E-state index in [2.05, 4.69) is 5.32 Å². The van der Waals surface area contributed by atoms with E-state index in [4.69, 9.17) is 0 Å². The fraction of sp³-hybridized carbons (Fsp3) is 0.667. The van der Waals surface area contributed by atoms with E-state index in [1.165, 1.54) is 17.8 Å². The van der Waals surface area contributed by atoms with Gasteiger partial charge in [0.15, 0.2) is 0 Å². The van der Waals surface area contributed by atoms with Crippen molar-refractivity contribution < 1.29 is 9.59 Å². The third-order valence-electron chi connectivity index (χ3n) is 5.10. The lowest BCUT2D eigenvalue weighted by atomic mass is 9.95. The van der Waals surface area contributed by atoms with Gasteiger partial charge in [-0.05, 0) is 63.1 Å². The molecule has 0 aliphatic carbocycles. The quantitative estimate of drug-likeness (QED) is 0.866. The number of halogens is 1. The number of hydrogen-bond donors (Lipinski definition) is 1. The molecule has 2 saturated heterocycles. The van der Waals surface area contributed by atoms with Crippen LogP contribution in [-0.2, 0) is 4.79 Å². The number of hydrogen-bond acceptors (Lipinski definition) is 4. The zero-order valence-electron chi connectivity index (χ0n) is 14.8. The summed E-state index contributed by atoms with van der Waals surface area (Å²) in [6, 6.07) is 3.47. The highest BCUT2D eigenvalue weighted by atomic mass is 35.5. The van der Waals surface area contributed by atoms with Crippen LogP contribution in [0, 0.1) is 5.92 Å². The van der Waals surface area contributed by atoms with E-state index in [1.54, 1.807) is 0 Å². The van der Waals surface area contributed by atoms with Crippen molar-refractivity contribution in [2.75, 3.05) is 33.2 Å². The standard InChI is InChI=1S/C18H27N3O2S.ClH/c1-19-12-14-6-4-9-20(13-14)17(22)15-7-2-3-10-21(15)18(23)16-8-5-11-24-16;/h5,8,11,14-15,19H,2-4,6-7,9-10,12-13H2,1H3;1H. The van der Waals surface area contributed by atoms with Crippen LogP contribution in [0.1, 0.15) is 41.8 Å². The Labute approximate surface area is 160 Å². The highest BCUT2D eigenvalue weighted by Crippen LogP contribution is 2.25. The molecule has 3 rings (SSSR count). The largest absolute Gasteiger partial charge is 0.341 e. The van der Waals surface area contributed by atoms with E-state index in [1.807, 2.05) is 34.4 Å². The SMILES string of the molecule is CNCC1CCCN(C(=O)C2CCCCN2C(=O)c2cccs2)C1.Cl. The van der Waals surface area contributed by atoms with Gasteiger partial charge in [-0.3, -0.25) is 9.59 Å². The number of likely N-dealkylation sites (tertiary alicyclic amines) is 2. The molecular formula is C18H28ClN3O2S. The van der Waals surface area contributed by atoms with Gasteiger partial charge in [-0.2, -0.15) is 0 Å². The van der Waals surface area contributed by atoms with E-state index in [-0.39, 0.29) is 30.3 Å². The van der Waals surface area contributed by atoms with Crippen molar-refractivity contribution in [2.45, 2.75) is 38.1 Å². The first-order valence-electron chi connectivity index (χ1n) is 8.98. The van der Waals surface area contributed by atoms with E-state index in [9.17, 15) is 9.59 Å². The Morgan fingerprint density at radius 2 is 2.08 bits per heavy atom. The summed E-state index contributed by atoms with van der Waals surface area (Å²) in [6.07, 6.45) is 5.04. The van der Waals surface area contributed by atoms with Crippen LogP contribution in [0.4, 0.5) is 0 Å². The summed E-state index contributed by atoms with van der Waals surface area (Å²) in [7, 11) is 1.96. The molecule has 3 heterocycles. The molecule has 1 aromatic rings. The zero-order valence-corrected chi connectivity index (χ0v) is 16.4. The van der Waals surface area contributed by atoms with Crippen LogP contribution >= 0.6 is 23.7 Å². The molecule has 7 heteroatoms. The van der Waals surface area contributed by atoms with Crippen molar-refractivity contribution >= 4 is 35.6 Å². The van der Waals surface area contributed by atoms with Gasteiger partial charge < -0.3 is 15.1 Å². The lowest BCUT2D eigenvalue weighted by Gasteiger charge is -2.40. The zero-order chi connectivity index (χ0) is 16.9. The van der Waals surface area contributed by atoms with Gasteiger partial charge in [0.05, 0.1) is 4.88 Å². The number of thiophene rings is 1. The van der Waals surface area contributed by atoms with Crippen LogP contribution in [0.5, 0.6) is 0 Å². The third kappa shape index (κ3) is 4.74. The summed E-state index contributed by atoms with van der Waals surface area (Å²) in [4.78, 5) is 30.4. The normalized spacial score (nSPS) is 23.9. The average Bonchev–Trinajstić information content (AvgIpc) is 3.16. The summed E-state index contributed by atoms with van der Waals surface area (Å²) < 4.78 is 0. The molecule has 25 heavy (non-hydrogen) atoms. The minimum Gasteiger partial charge on any atom is -0.341 e. The number of amides is 2. The van der Waals surface area contributed by atoms with Gasteiger partial charge in [0.2, 0.25) is 5.91 Å². The molecule has 1 aromatic heterocycles. The second-order valence-corrected chi connectivity index (χ2v) is 7.79. The molecule has 0 saturated carbocycles. The molecule has 2 atom stereocenters. The smallest absolute Gasteiger partial charge is 0.264 e. The molecule has 2 unspecified atom stereocenters. The molecule has 2 aliphatic rings. The Bertz CT molecular complexity index is 565. The average molecular weight is 386 g/mol. The molecule has 0 bridgehead atoms. The number of rotatable bonds is 4. The van der Waals surface area contributed by atoms with Gasteiger partial charge in [0, 0.05) is 19.6 Å². The van der Waals surface area contributed by atoms with E-state index >= 15 is 0 Å². The maximum absolute atomic E-state index is 13.1. The lowest BCUT2D eigenvalue weighted by molar-refractivity contribution is -0.139. The van der Waals surface area contributed by atoms with Crippen LogP contribution in [0.15, 0.2) is 17.5 Å². The Balaban J connectivity index is 0.00000225. The number of nitrogens with one attached hydrogen (secondary N) is 1. The summed E-state index contributed by atoms with van der Waals surface area (Å²) in [6.45, 7) is 3.29. The Kier molecular flexibility index (Phi) is 7.72. The number of carbonyl (C=O) groups excluding carboxylic acids is 2. The second-order valence-electron chi connectivity index (χ2n) is 6.84. The summed E-state index contributed by atoms with van der Waals surface area (Å²) in [5.41, 5.74) is 0. The number of carbonyl (C=O) groups is 2. The molecule has 0 radical (unpaired) electrons. The predicted molar refractivity (Wildman–Crippen MR) is 103 cm³/mol. The van der Waals surface area contributed by atoms with Crippen molar-refractivity contribution in [3.8, 4) is 0 Å². The Hall–Kier alpha value is -1.11. The Morgan fingerprint density at radius 1 is 1.24 bits per heavy atom. The molecule has 2 aliphatic heterocycles. The fourth-order valence-electron chi connectivity index (χ4n) is 3.90. The third-order valence-corrected chi connectivity index (χ3v) is 5.96. The van der Waals surface area contributed by atoms with Gasteiger partial charge in [-0.25, -0.2) is 0 Å². The first-order chi connectivity index (χ1) is 11.7. The Morgan fingerprint density at radius 3 is 2.80 bits per heavy atom. The summed E-state index contributed by atoms with van der Waals surface area (Å²) >= 11 is 1.46. The maximum atomic E-state index is 13.1. The molecule has 1 N–H and O–H groups in total. The van der Waals surface area contributed by atoms with Crippen molar-refractivity contribution in [2.24, 2.45) is 5.92 Å². The highest BCUT2D eigenvalue weighted by molar-refractivity contribution is 7.12. The molecule has 2 fully saturated rings. The van der Waals surface area contributed by atoms with Crippen LogP contribution in [0.3, 0.4) is 0 Å². The van der Waals surface area contributed by atoms with E-state index in [0.29, 0.717) is 12.5 Å². The van der Waals surface area contributed by atoms with Crippen LogP contribution in [-0.4, -0.2) is 60.9 Å². The summed E-state index contributed by atoms with van der Waals surface area (Å²) in [5.74, 6) is 0.699. The van der Waals surface area contributed by atoms with Gasteiger partial charge in [0.1, 0.15) is 6.04 Å². The van der Waals surface area contributed by atoms with Crippen molar-refractivity contribution in [3.63, 3.8) is 0 Å². The molecule has 0 aromatic carbocycles. The highest BCUT2D eigenvalue weighted by Gasteiger charge is 2.36. The second kappa shape index (κ2) is 9.55. The fourth-order valence-corrected chi connectivity index (χ4v) is 4.58. The van der Waals surface area contributed by atoms with Crippen LogP contribution < -0.4 is 5.32 Å². The number of nitrogens with zero attached hydrogens (tertiary/aromatic N) is 2. The van der Waals surface area contributed by atoms with Gasteiger partial charge >= 0.3 is 0 Å². The van der Waals surface area contributed by atoms with E-state index in [0.717, 1.165) is 50.2 Å². The van der Waals surface area contributed by atoms with Crippen LogP contribution in [0.2, 0.25) is 0 Å². The van der Waals surface area contributed by atoms with E-state index < -0.39 is 0 Å². The first-order valence-corrected chi connectivity index (χ1v) is 9.86. The van der Waals surface area contributed by atoms with Gasteiger partial charge in [-0.1, -0.05) is 6.07 Å². The van der Waals surface area contributed by atoms with Crippen molar-refractivity contribution in [3.05, 3.63) is 22.4 Å². The van der Waals surface area contributed by atoms with Gasteiger partial charge in [0.25, 0.3) is 5.91 Å². The van der Waals surface area contributed by atoms with Crippen molar-refractivity contribution in [1.29, 1.82) is 0 Å². The van der Waals surface area contributed by atoms with Crippen LogP contribution in [0.25, 0.3) is 0 Å². The number of piperidine rings is 2. The molecule has 5 nitrogen and oxygen atoms in total.